The second-order valence-electron chi connectivity index (χ2n) is 3.23. The van der Waals surface area contributed by atoms with E-state index in [1.165, 1.54) is 0 Å². The van der Waals surface area contributed by atoms with Crippen LogP contribution in [0.2, 0.25) is 0 Å². The van der Waals surface area contributed by atoms with Gasteiger partial charge in [-0.15, -0.1) is 0 Å². The molecule has 0 fully saturated rings. The van der Waals surface area contributed by atoms with Crippen LogP contribution in [0.4, 0.5) is 22.0 Å². The quantitative estimate of drug-likeness (QED) is 0.825. The third-order valence-corrected chi connectivity index (χ3v) is 2.04. The SMILES string of the molecule is NCc1cc(C(=O)O)c(C(F)F)c(C(F)(F)F)n1. The van der Waals surface area contributed by atoms with Gasteiger partial charge in [0.15, 0.2) is 5.69 Å². The van der Waals surface area contributed by atoms with Gasteiger partial charge in [-0.25, -0.2) is 18.6 Å². The maximum atomic E-state index is 12.6. The fraction of sp³-hybridized carbons (Fsp3) is 0.333. The first kappa shape index (κ1) is 14.3. The molecule has 18 heavy (non-hydrogen) atoms. The molecule has 0 bridgehead atoms. The van der Waals surface area contributed by atoms with E-state index < -0.39 is 47.6 Å². The van der Waals surface area contributed by atoms with Crippen molar-refractivity contribution in [2.75, 3.05) is 0 Å². The van der Waals surface area contributed by atoms with Gasteiger partial charge in [-0.2, -0.15) is 13.2 Å². The minimum absolute atomic E-state index is 0.427. The zero-order valence-corrected chi connectivity index (χ0v) is 8.63. The Bertz CT molecular complexity index is 473. The van der Waals surface area contributed by atoms with Crippen molar-refractivity contribution in [3.8, 4) is 0 Å². The first-order valence-electron chi connectivity index (χ1n) is 4.51. The molecular formula is C9H7F5N2O2. The average molecular weight is 270 g/mol. The highest BCUT2D eigenvalue weighted by Crippen LogP contribution is 2.37. The number of hydrogen-bond acceptors (Lipinski definition) is 3. The van der Waals surface area contributed by atoms with Crippen LogP contribution in [0.15, 0.2) is 6.07 Å². The Labute approximate surface area is 97.2 Å². The number of hydrogen-bond donors (Lipinski definition) is 2. The van der Waals surface area contributed by atoms with Crippen LogP contribution in [0.1, 0.15) is 33.7 Å². The fourth-order valence-electron chi connectivity index (χ4n) is 1.33. The normalized spacial score (nSPS) is 11.9. The van der Waals surface area contributed by atoms with Crippen LogP contribution in [-0.2, 0) is 12.7 Å². The van der Waals surface area contributed by atoms with Gasteiger partial charge in [0.1, 0.15) is 0 Å². The van der Waals surface area contributed by atoms with Crippen molar-refractivity contribution < 1.29 is 31.9 Å². The summed E-state index contributed by atoms with van der Waals surface area (Å²) >= 11 is 0. The molecule has 0 saturated heterocycles. The lowest BCUT2D eigenvalue weighted by atomic mass is 10.0. The van der Waals surface area contributed by atoms with E-state index in [1.54, 1.807) is 0 Å². The van der Waals surface area contributed by atoms with Crippen LogP contribution < -0.4 is 5.73 Å². The van der Waals surface area contributed by atoms with E-state index in [1.807, 2.05) is 0 Å². The molecule has 0 radical (unpaired) electrons. The van der Waals surface area contributed by atoms with E-state index in [0.717, 1.165) is 0 Å². The molecule has 1 rings (SSSR count). The summed E-state index contributed by atoms with van der Waals surface area (Å²) in [5.41, 5.74) is -0.0902. The number of carboxylic acid groups (broad SMARTS) is 1. The van der Waals surface area contributed by atoms with Crippen molar-refractivity contribution in [1.82, 2.24) is 4.98 Å². The standard InChI is InChI=1S/C9H7F5N2O2/c10-7(11)5-4(8(17)18)1-3(2-15)16-6(5)9(12,13)14/h1,7H,2,15H2,(H,17,18). The Kier molecular flexibility index (Phi) is 3.85. The highest BCUT2D eigenvalue weighted by molar-refractivity contribution is 5.90. The summed E-state index contributed by atoms with van der Waals surface area (Å²) in [5.74, 6) is -1.90. The molecule has 1 heterocycles. The van der Waals surface area contributed by atoms with Crippen molar-refractivity contribution in [3.05, 3.63) is 28.6 Å². The summed E-state index contributed by atoms with van der Waals surface area (Å²) < 4.78 is 62.8. The Hall–Kier alpha value is -1.77. The van der Waals surface area contributed by atoms with Gasteiger partial charge in [-0.05, 0) is 6.07 Å². The van der Waals surface area contributed by atoms with Crippen LogP contribution >= 0.6 is 0 Å². The molecule has 0 aliphatic heterocycles. The minimum Gasteiger partial charge on any atom is -0.478 e. The van der Waals surface area contributed by atoms with Crippen molar-refractivity contribution in [2.45, 2.75) is 19.1 Å². The second-order valence-corrected chi connectivity index (χ2v) is 3.23. The number of rotatable bonds is 3. The summed E-state index contributed by atoms with van der Waals surface area (Å²) in [6.45, 7) is -0.493. The number of aromatic nitrogens is 1. The Morgan fingerprint density at radius 1 is 1.44 bits per heavy atom. The van der Waals surface area contributed by atoms with E-state index in [0.29, 0.717) is 6.07 Å². The molecule has 9 heteroatoms. The van der Waals surface area contributed by atoms with E-state index in [2.05, 4.69) is 4.98 Å². The number of pyridine rings is 1. The molecule has 0 atom stereocenters. The predicted molar refractivity (Wildman–Crippen MR) is 49.0 cm³/mol. The zero-order valence-electron chi connectivity index (χ0n) is 8.63. The molecule has 0 aromatic carbocycles. The zero-order chi connectivity index (χ0) is 14.1. The van der Waals surface area contributed by atoms with Crippen molar-refractivity contribution in [3.63, 3.8) is 0 Å². The van der Waals surface area contributed by atoms with Gasteiger partial charge in [0.25, 0.3) is 6.43 Å². The number of nitrogens with zero attached hydrogens (tertiary/aromatic N) is 1. The van der Waals surface area contributed by atoms with E-state index in [4.69, 9.17) is 10.8 Å². The number of halogens is 5. The maximum Gasteiger partial charge on any atom is 0.433 e. The van der Waals surface area contributed by atoms with Gasteiger partial charge in [0.05, 0.1) is 16.8 Å². The topological polar surface area (TPSA) is 76.2 Å². The molecule has 4 nitrogen and oxygen atoms in total. The number of alkyl halides is 5. The molecule has 0 unspecified atom stereocenters. The van der Waals surface area contributed by atoms with E-state index in [9.17, 15) is 26.7 Å². The first-order chi connectivity index (χ1) is 8.18. The summed E-state index contributed by atoms with van der Waals surface area (Å²) in [7, 11) is 0. The molecule has 0 saturated carbocycles. The van der Waals surface area contributed by atoms with E-state index in [-0.39, 0.29) is 0 Å². The molecule has 1 aromatic heterocycles. The van der Waals surface area contributed by atoms with Crippen molar-refractivity contribution >= 4 is 5.97 Å². The van der Waals surface area contributed by atoms with Crippen LogP contribution in [0, 0.1) is 0 Å². The summed E-state index contributed by atoms with van der Waals surface area (Å²) in [6.07, 6.45) is -8.78. The van der Waals surface area contributed by atoms with Crippen LogP contribution in [0.3, 0.4) is 0 Å². The van der Waals surface area contributed by atoms with Crippen molar-refractivity contribution in [2.24, 2.45) is 5.73 Å². The summed E-state index contributed by atoms with van der Waals surface area (Å²) in [4.78, 5) is 13.6. The Morgan fingerprint density at radius 3 is 2.33 bits per heavy atom. The third kappa shape index (κ3) is 2.73. The second kappa shape index (κ2) is 4.84. The molecule has 0 aliphatic rings. The molecular weight excluding hydrogens is 263 g/mol. The minimum atomic E-state index is -5.18. The number of nitrogens with two attached hydrogens (primary N) is 1. The lowest BCUT2D eigenvalue weighted by molar-refractivity contribution is -0.143. The van der Waals surface area contributed by atoms with Crippen LogP contribution in [0.25, 0.3) is 0 Å². The molecule has 0 amide bonds. The van der Waals surface area contributed by atoms with Crippen molar-refractivity contribution in [1.29, 1.82) is 0 Å². The molecule has 0 spiro atoms. The van der Waals surface area contributed by atoms with E-state index >= 15 is 0 Å². The van der Waals surface area contributed by atoms with Gasteiger partial charge in [0, 0.05) is 6.54 Å². The monoisotopic (exact) mass is 270 g/mol. The molecule has 0 aliphatic carbocycles. The largest absolute Gasteiger partial charge is 0.478 e. The van der Waals surface area contributed by atoms with Crippen LogP contribution in [-0.4, -0.2) is 16.1 Å². The molecule has 100 valence electrons. The lowest BCUT2D eigenvalue weighted by Crippen LogP contribution is -2.19. The molecule has 1 aromatic rings. The third-order valence-electron chi connectivity index (χ3n) is 2.04. The highest BCUT2D eigenvalue weighted by Gasteiger charge is 2.40. The summed E-state index contributed by atoms with van der Waals surface area (Å²) in [5, 5.41) is 8.66. The van der Waals surface area contributed by atoms with Gasteiger partial charge < -0.3 is 10.8 Å². The van der Waals surface area contributed by atoms with Gasteiger partial charge in [-0.3, -0.25) is 0 Å². The van der Waals surface area contributed by atoms with Crippen LogP contribution in [0.5, 0.6) is 0 Å². The van der Waals surface area contributed by atoms with Gasteiger partial charge >= 0.3 is 12.1 Å². The smallest absolute Gasteiger partial charge is 0.433 e. The number of carbonyl (C=O) groups is 1. The number of carboxylic acids is 1. The average Bonchev–Trinajstić information content (AvgIpc) is 2.25. The molecule has 3 N–H and O–H groups in total. The highest BCUT2D eigenvalue weighted by atomic mass is 19.4. The summed E-state index contributed by atoms with van der Waals surface area (Å²) in [6, 6.07) is 0.610. The van der Waals surface area contributed by atoms with Gasteiger partial charge in [0.2, 0.25) is 0 Å². The van der Waals surface area contributed by atoms with Gasteiger partial charge in [-0.1, -0.05) is 0 Å². The maximum absolute atomic E-state index is 12.6. The number of aromatic carboxylic acids is 1. The first-order valence-corrected chi connectivity index (χ1v) is 4.51. The fourth-order valence-corrected chi connectivity index (χ4v) is 1.33. The predicted octanol–water partition coefficient (Wildman–Crippen LogP) is 2.19. The Morgan fingerprint density at radius 2 is 2.00 bits per heavy atom. The Balaban J connectivity index is 3.66. The lowest BCUT2D eigenvalue weighted by Gasteiger charge is -2.15.